The minimum Gasteiger partial charge on any atom is -0.494 e. The summed E-state index contributed by atoms with van der Waals surface area (Å²) in [7, 11) is 0. The normalized spacial score (nSPS) is 11.0. The van der Waals surface area contributed by atoms with Gasteiger partial charge in [0.15, 0.2) is 0 Å². The molecule has 1 aromatic carbocycles. The van der Waals surface area contributed by atoms with E-state index < -0.39 is 0 Å². The zero-order valence-corrected chi connectivity index (χ0v) is 13.3. The lowest BCUT2D eigenvalue weighted by molar-refractivity contribution is 0.340. The number of nitrogens with two attached hydrogens (primary N) is 1. The van der Waals surface area contributed by atoms with Crippen LogP contribution in [0.4, 0.5) is 0 Å². The third kappa shape index (κ3) is 2.66. The van der Waals surface area contributed by atoms with Gasteiger partial charge in [0.25, 0.3) is 0 Å². The Labute approximate surface area is 131 Å². The van der Waals surface area contributed by atoms with Gasteiger partial charge in [-0.1, -0.05) is 0 Å². The lowest BCUT2D eigenvalue weighted by Crippen LogP contribution is -2.02. The number of hydrogen-bond acceptors (Lipinski definition) is 3. The van der Waals surface area contributed by atoms with Crippen molar-refractivity contribution in [1.82, 2.24) is 9.38 Å². The van der Waals surface area contributed by atoms with Gasteiger partial charge in [-0.3, -0.25) is 0 Å². The molecule has 2 aromatic heterocycles. The summed E-state index contributed by atoms with van der Waals surface area (Å²) in [6.07, 6.45) is 1.99. The lowest BCUT2D eigenvalue weighted by atomic mass is 10.1. The average molecular weight is 346 g/mol. The van der Waals surface area contributed by atoms with Gasteiger partial charge in [0.05, 0.1) is 18.0 Å². The molecule has 0 atom stereocenters. The fraction of sp³-hybridized carbons (Fsp3) is 0.188. The first-order chi connectivity index (χ1) is 10.2. The van der Waals surface area contributed by atoms with Crippen molar-refractivity contribution >= 4 is 21.6 Å². The molecule has 0 saturated heterocycles. The van der Waals surface area contributed by atoms with E-state index in [2.05, 4.69) is 15.9 Å². The Morgan fingerprint density at radius 3 is 2.62 bits per heavy atom. The molecule has 0 bridgehead atoms. The topological polar surface area (TPSA) is 52.5 Å². The van der Waals surface area contributed by atoms with Gasteiger partial charge >= 0.3 is 0 Å². The molecule has 0 unspecified atom stereocenters. The van der Waals surface area contributed by atoms with Crippen LogP contribution in [0.15, 0.2) is 47.1 Å². The minimum atomic E-state index is 0.431. The Hall–Kier alpha value is -1.85. The molecular weight excluding hydrogens is 330 g/mol. The first kappa shape index (κ1) is 14.1. The maximum atomic E-state index is 5.93. The molecule has 3 aromatic rings. The highest BCUT2D eigenvalue weighted by atomic mass is 79.9. The number of ether oxygens (including phenoxy) is 1. The zero-order chi connectivity index (χ0) is 14.8. The van der Waals surface area contributed by atoms with Crippen LogP contribution in [0.2, 0.25) is 0 Å². The number of benzene rings is 1. The highest BCUT2D eigenvalue weighted by molar-refractivity contribution is 9.10. The summed E-state index contributed by atoms with van der Waals surface area (Å²) >= 11 is 3.48. The second-order valence-corrected chi connectivity index (χ2v) is 5.56. The maximum absolute atomic E-state index is 5.93. The van der Waals surface area contributed by atoms with E-state index in [-0.39, 0.29) is 0 Å². The van der Waals surface area contributed by atoms with Gasteiger partial charge in [-0.2, -0.15) is 0 Å². The highest BCUT2D eigenvalue weighted by Crippen LogP contribution is 2.27. The van der Waals surface area contributed by atoms with Crippen LogP contribution in [0, 0.1) is 0 Å². The number of fused-ring (bicyclic) bond motifs is 1. The van der Waals surface area contributed by atoms with Crippen molar-refractivity contribution in [2.24, 2.45) is 5.73 Å². The molecule has 4 nitrogen and oxygen atoms in total. The van der Waals surface area contributed by atoms with E-state index in [0.29, 0.717) is 13.2 Å². The SMILES string of the molecule is CCOc1ccc(-c2nc3ccc(Br)cn3c2CN)cc1. The number of pyridine rings is 1. The molecule has 0 spiro atoms. The molecule has 0 fully saturated rings. The number of imidazole rings is 1. The molecule has 2 heterocycles. The van der Waals surface area contributed by atoms with Crippen molar-refractivity contribution in [2.45, 2.75) is 13.5 Å². The van der Waals surface area contributed by atoms with Crippen LogP contribution in [0.1, 0.15) is 12.6 Å². The fourth-order valence-corrected chi connectivity index (χ4v) is 2.71. The van der Waals surface area contributed by atoms with E-state index in [1.54, 1.807) is 0 Å². The van der Waals surface area contributed by atoms with Gasteiger partial charge < -0.3 is 14.9 Å². The predicted molar refractivity (Wildman–Crippen MR) is 87.4 cm³/mol. The van der Waals surface area contributed by atoms with E-state index in [9.17, 15) is 0 Å². The largest absolute Gasteiger partial charge is 0.494 e. The van der Waals surface area contributed by atoms with Crippen LogP contribution in [0.3, 0.4) is 0 Å². The molecule has 0 saturated carbocycles. The van der Waals surface area contributed by atoms with Gasteiger partial charge in [-0.15, -0.1) is 0 Å². The van der Waals surface area contributed by atoms with E-state index in [4.69, 9.17) is 15.5 Å². The van der Waals surface area contributed by atoms with Gasteiger partial charge in [0.1, 0.15) is 11.4 Å². The molecule has 0 aliphatic heterocycles. The number of rotatable bonds is 4. The third-order valence-electron chi connectivity index (χ3n) is 3.31. The number of halogens is 1. The fourth-order valence-electron chi connectivity index (χ4n) is 2.37. The molecule has 108 valence electrons. The summed E-state index contributed by atoms with van der Waals surface area (Å²) in [5.74, 6) is 0.863. The van der Waals surface area contributed by atoms with Gasteiger partial charge in [0.2, 0.25) is 0 Å². The van der Waals surface area contributed by atoms with Crippen molar-refractivity contribution in [3.8, 4) is 17.0 Å². The number of nitrogens with zero attached hydrogens (tertiary/aromatic N) is 2. The smallest absolute Gasteiger partial charge is 0.137 e. The minimum absolute atomic E-state index is 0.431. The molecule has 21 heavy (non-hydrogen) atoms. The van der Waals surface area contributed by atoms with Crippen molar-refractivity contribution < 1.29 is 4.74 Å². The van der Waals surface area contributed by atoms with Crippen molar-refractivity contribution in [3.05, 3.63) is 52.8 Å². The second-order valence-electron chi connectivity index (χ2n) is 4.64. The Bertz CT molecular complexity index is 765. The molecule has 0 aliphatic rings. The number of hydrogen-bond donors (Lipinski definition) is 1. The van der Waals surface area contributed by atoms with Gasteiger partial charge in [0, 0.05) is 22.8 Å². The standard InChI is InChI=1S/C16H16BrN3O/c1-2-21-13-6-3-11(4-7-13)16-14(9-18)20-10-12(17)5-8-15(20)19-16/h3-8,10H,2,9,18H2,1H3. The Morgan fingerprint density at radius 1 is 1.19 bits per heavy atom. The van der Waals surface area contributed by atoms with Crippen LogP contribution in [0.5, 0.6) is 5.75 Å². The summed E-state index contributed by atoms with van der Waals surface area (Å²) in [5.41, 5.74) is 9.77. The summed E-state index contributed by atoms with van der Waals surface area (Å²) < 4.78 is 8.50. The Balaban J connectivity index is 2.10. The monoisotopic (exact) mass is 345 g/mol. The van der Waals surface area contributed by atoms with Gasteiger partial charge in [-0.05, 0) is 59.3 Å². The summed E-state index contributed by atoms with van der Waals surface area (Å²) in [5, 5.41) is 0. The van der Waals surface area contributed by atoms with E-state index in [1.807, 2.05) is 53.9 Å². The van der Waals surface area contributed by atoms with Crippen LogP contribution in [-0.4, -0.2) is 16.0 Å². The second kappa shape index (κ2) is 5.87. The molecule has 2 N–H and O–H groups in total. The van der Waals surface area contributed by atoms with Gasteiger partial charge in [-0.25, -0.2) is 4.98 Å². The summed E-state index contributed by atoms with van der Waals surface area (Å²) in [4.78, 5) is 4.69. The molecule has 0 amide bonds. The van der Waals surface area contributed by atoms with Crippen molar-refractivity contribution in [2.75, 3.05) is 6.61 Å². The summed E-state index contributed by atoms with van der Waals surface area (Å²) in [6.45, 7) is 3.07. The summed E-state index contributed by atoms with van der Waals surface area (Å²) in [6, 6.07) is 11.9. The van der Waals surface area contributed by atoms with E-state index >= 15 is 0 Å². The van der Waals surface area contributed by atoms with E-state index in [1.165, 1.54) is 0 Å². The average Bonchev–Trinajstić information content (AvgIpc) is 2.86. The van der Waals surface area contributed by atoms with Crippen LogP contribution >= 0.6 is 15.9 Å². The van der Waals surface area contributed by atoms with E-state index in [0.717, 1.165) is 32.8 Å². The van der Waals surface area contributed by atoms with Crippen molar-refractivity contribution in [1.29, 1.82) is 0 Å². The highest BCUT2D eigenvalue weighted by Gasteiger charge is 2.13. The van der Waals surface area contributed by atoms with Crippen molar-refractivity contribution in [3.63, 3.8) is 0 Å². The quantitative estimate of drug-likeness (QED) is 0.785. The Morgan fingerprint density at radius 2 is 1.95 bits per heavy atom. The number of aromatic nitrogens is 2. The molecule has 0 radical (unpaired) electrons. The lowest BCUT2D eigenvalue weighted by Gasteiger charge is -2.05. The third-order valence-corrected chi connectivity index (χ3v) is 3.78. The molecule has 0 aliphatic carbocycles. The first-order valence-corrected chi connectivity index (χ1v) is 7.62. The van der Waals surface area contributed by atoms with Crippen LogP contribution in [-0.2, 0) is 6.54 Å². The maximum Gasteiger partial charge on any atom is 0.137 e. The van der Waals surface area contributed by atoms with Crippen LogP contribution < -0.4 is 10.5 Å². The Kier molecular flexibility index (Phi) is 3.94. The predicted octanol–water partition coefficient (Wildman–Crippen LogP) is 3.62. The molecular formula is C16H16BrN3O. The van der Waals surface area contributed by atoms with Crippen LogP contribution in [0.25, 0.3) is 16.9 Å². The zero-order valence-electron chi connectivity index (χ0n) is 11.7. The molecule has 5 heteroatoms. The molecule has 3 rings (SSSR count). The first-order valence-electron chi connectivity index (χ1n) is 6.82.